The van der Waals surface area contributed by atoms with E-state index < -0.39 is 0 Å². The molecule has 1 aromatic heterocycles. The Bertz CT molecular complexity index is 3200. The van der Waals surface area contributed by atoms with Crippen LogP contribution in [-0.2, 0) is 5.41 Å². The Morgan fingerprint density at radius 1 is 0.305 bits per heavy atom. The molecule has 1 heterocycles. The van der Waals surface area contributed by atoms with Crippen LogP contribution >= 0.6 is 0 Å². The third-order valence-electron chi connectivity index (χ3n) is 12.3. The summed E-state index contributed by atoms with van der Waals surface area (Å²) >= 11 is 0. The second-order valence-electron chi connectivity index (χ2n) is 16.2. The summed E-state index contributed by atoms with van der Waals surface area (Å²) in [5, 5.41) is 4.93. The second kappa shape index (κ2) is 13.9. The first kappa shape index (κ1) is 34.8. The quantitative estimate of drug-likeness (QED) is 0.169. The average Bonchev–Trinajstić information content (AvgIpc) is 3.52. The highest BCUT2D eigenvalue weighted by molar-refractivity contribution is 6.05. The normalized spacial score (nSPS) is 12.7. The molecule has 0 saturated carbocycles. The van der Waals surface area contributed by atoms with Crippen LogP contribution < -0.4 is 0 Å². The maximum absolute atomic E-state index is 5.21. The van der Waals surface area contributed by atoms with Crippen LogP contribution in [0.3, 0.4) is 0 Å². The molecule has 0 saturated heterocycles. The maximum Gasteiger partial charge on any atom is 0.160 e. The van der Waals surface area contributed by atoms with E-state index in [0.717, 1.165) is 33.5 Å². The Labute approximate surface area is 345 Å². The number of benzene rings is 9. The number of nitrogens with zero attached hydrogens (tertiary/aromatic N) is 2. The summed E-state index contributed by atoms with van der Waals surface area (Å²) in [7, 11) is 0. The molecule has 10 aromatic rings. The van der Waals surface area contributed by atoms with Crippen LogP contribution in [0.5, 0.6) is 0 Å². The van der Waals surface area contributed by atoms with Crippen LogP contribution in [0.2, 0.25) is 0 Å². The van der Waals surface area contributed by atoms with Gasteiger partial charge in [0.15, 0.2) is 5.82 Å². The molecular formula is C57H40N2. The van der Waals surface area contributed by atoms with Gasteiger partial charge in [0.05, 0.1) is 11.4 Å². The summed E-state index contributed by atoms with van der Waals surface area (Å²) in [5.41, 5.74) is 17.5. The number of fused-ring (bicyclic) bond motifs is 5. The van der Waals surface area contributed by atoms with E-state index in [1.54, 1.807) is 0 Å². The molecular weight excluding hydrogens is 713 g/mol. The van der Waals surface area contributed by atoms with Crippen molar-refractivity contribution < 1.29 is 0 Å². The van der Waals surface area contributed by atoms with Crippen molar-refractivity contribution in [2.75, 3.05) is 0 Å². The van der Waals surface area contributed by atoms with E-state index >= 15 is 0 Å². The van der Waals surface area contributed by atoms with Gasteiger partial charge in [-0.05, 0) is 101 Å². The Balaban J connectivity index is 0.963. The van der Waals surface area contributed by atoms with Crippen molar-refractivity contribution in [3.63, 3.8) is 0 Å². The molecule has 1 aliphatic carbocycles. The van der Waals surface area contributed by atoms with Crippen molar-refractivity contribution in [2.45, 2.75) is 19.3 Å². The second-order valence-corrected chi connectivity index (χ2v) is 16.2. The minimum atomic E-state index is -0.0467. The molecule has 0 atom stereocenters. The zero-order chi connectivity index (χ0) is 39.5. The number of aromatic nitrogens is 2. The van der Waals surface area contributed by atoms with Crippen LogP contribution in [0.15, 0.2) is 206 Å². The van der Waals surface area contributed by atoms with Gasteiger partial charge in [-0.3, -0.25) is 0 Å². The van der Waals surface area contributed by atoms with E-state index in [-0.39, 0.29) is 5.41 Å². The molecule has 2 heteroatoms. The summed E-state index contributed by atoms with van der Waals surface area (Å²) in [6, 6.07) is 74.4. The fraction of sp³-hybridized carbons (Fsp3) is 0.0526. The van der Waals surface area contributed by atoms with Gasteiger partial charge in [-0.25, -0.2) is 9.97 Å². The third-order valence-corrected chi connectivity index (χ3v) is 12.3. The Hall–Kier alpha value is -7.42. The summed E-state index contributed by atoms with van der Waals surface area (Å²) < 4.78 is 0. The summed E-state index contributed by atoms with van der Waals surface area (Å²) in [4.78, 5) is 10.3. The molecule has 0 aliphatic heterocycles. The SMILES string of the molecule is CC1(C)c2ccc(-c3ccc(-c4ccc(-c5cc(-c6ccc(-c7ccccc7)cc6)nc(-c6ccccc6)n5)c5ccccc45)cc3)cc2-c2cc3ccccc3cc21. The summed E-state index contributed by atoms with van der Waals surface area (Å²) in [6.07, 6.45) is 0. The van der Waals surface area contributed by atoms with Crippen molar-refractivity contribution in [3.05, 3.63) is 217 Å². The van der Waals surface area contributed by atoms with Gasteiger partial charge in [0, 0.05) is 22.1 Å². The van der Waals surface area contributed by atoms with Gasteiger partial charge in [-0.1, -0.05) is 196 Å². The Morgan fingerprint density at radius 2 is 0.797 bits per heavy atom. The van der Waals surface area contributed by atoms with E-state index in [0.29, 0.717) is 5.82 Å². The predicted molar refractivity (Wildman–Crippen MR) is 247 cm³/mol. The van der Waals surface area contributed by atoms with Crippen molar-refractivity contribution in [1.82, 2.24) is 9.97 Å². The van der Waals surface area contributed by atoms with Crippen molar-refractivity contribution >= 4 is 21.5 Å². The van der Waals surface area contributed by atoms with E-state index in [4.69, 9.17) is 9.97 Å². The standard InChI is InChI=1S/C57H40N2/c1-57(2)52-32-29-45(34-50(52)51-33-43-17-9-10-18-44(43)35-53(51)57)39-21-25-40(26-22-39)46-30-31-49(48-20-12-11-19-47(46)48)55-36-54(58-56(59-55)42-15-7-4-8-16-42)41-27-23-38(24-28-41)37-13-5-3-6-14-37/h3-36H,1-2H3. The number of rotatable bonds is 6. The molecule has 11 rings (SSSR count). The molecule has 9 aromatic carbocycles. The number of hydrogen-bond acceptors (Lipinski definition) is 2. The fourth-order valence-corrected chi connectivity index (χ4v) is 9.15. The first-order valence-electron chi connectivity index (χ1n) is 20.4. The maximum atomic E-state index is 5.21. The van der Waals surface area contributed by atoms with Crippen molar-refractivity contribution in [1.29, 1.82) is 0 Å². The van der Waals surface area contributed by atoms with Gasteiger partial charge in [0.2, 0.25) is 0 Å². The third kappa shape index (κ3) is 6.04. The lowest BCUT2D eigenvalue weighted by atomic mass is 9.81. The molecule has 0 spiro atoms. The zero-order valence-electron chi connectivity index (χ0n) is 33.0. The lowest BCUT2D eigenvalue weighted by molar-refractivity contribution is 0.661. The molecule has 1 aliphatic rings. The zero-order valence-corrected chi connectivity index (χ0v) is 33.0. The molecule has 0 radical (unpaired) electrons. The van der Waals surface area contributed by atoms with Crippen LogP contribution in [0.1, 0.15) is 25.0 Å². The van der Waals surface area contributed by atoms with Crippen LogP contribution in [0, 0.1) is 0 Å². The first-order chi connectivity index (χ1) is 29.0. The van der Waals surface area contributed by atoms with Crippen LogP contribution in [0.4, 0.5) is 0 Å². The molecule has 0 fully saturated rings. The highest BCUT2D eigenvalue weighted by Crippen LogP contribution is 2.51. The van der Waals surface area contributed by atoms with Gasteiger partial charge in [0.1, 0.15) is 0 Å². The van der Waals surface area contributed by atoms with Crippen LogP contribution in [-0.4, -0.2) is 9.97 Å². The smallest absolute Gasteiger partial charge is 0.160 e. The molecule has 0 bridgehead atoms. The van der Waals surface area contributed by atoms with Crippen LogP contribution in [0.25, 0.3) is 100.0 Å². The van der Waals surface area contributed by atoms with E-state index in [1.807, 2.05) is 24.3 Å². The lowest BCUT2D eigenvalue weighted by Crippen LogP contribution is -2.14. The van der Waals surface area contributed by atoms with Gasteiger partial charge in [-0.15, -0.1) is 0 Å². The van der Waals surface area contributed by atoms with Crippen molar-refractivity contribution in [2.24, 2.45) is 0 Å². The average molecular weight is 753 g/mol. The molecule has 2 nitrogen and oxygen atoms in total. The minimum absolute atomic E-state index is 0.0467. The predicted octanol–water partition coefficient (Wildman–Crippen LogP) is 15.1. The monoisotopic (exact) mass is 752 g/mol. The van der Waals surface area contributed by atoms with E-state index in [9.17, 15) is 0 Å². The largest absolute Gasteiger partial charge is 0.228 e. The fourth-order valence-electron chi connectivity index (χ4n) is 9.15. The van der Waals surface area contributed by atoms with Gasteiger partial charge in [0.25, 0.3) is 0 Å². The van der Waals surface area contributed by atoms with Gasteiger partial charge in [-0.2, -0.15) is 0 Å². The minimum Gasteiger partial charge on any atom is -0.228 e. The van der Waals surface area contributed by atoms with E-state index in [1.165, 1.54) is 71.8 Å². The highest BCUT2D eigenvalue weighted by Gasteiger charge is 2.35. The first-order valence-corrected chi connectivity index (χ1v) is 20.4. The lowest BCUT2D eigenvalue weighted by Gasteiger charge is -2.22. The molecule has 278 valence electrons. The number of hydrogen-bond donors (Lipinski definition) is 0. The summed E-state index contributed by atoms with van der Waals surface area (Å²) in [6.45, 7) is 4.71. The highest BCUT2D eigenvalue weighted by atomic mass is 14.9. The molecule has 59 heavy (non-hydrogen) atoms. The molecule has 0 N–H and O–H groups in total. The Morgan fingerprint density at radius 3 is 1.51 bits per heavy atom. The molecule has 0 amide bonds. The van der Waals surface area contributed by atoms with Gasteiger partial charge < -0.3 is 0 Å². The molecule has 0 unspecified atom stereocenters. The topological polar surface area (TPSA) is 25.8 Å². The van der Waals surface area contributed by atoms with E-state index in [2.05, 4.69) is 196 Å². The Kier molecular flexibility index (Phi) is 8.20. The van der Waals surface area contributed by atoms with Gasteiger partial charge >= 0.3 is 0 Å². The summed E-state index contributed by atoms with van der Waals surface area (Å²) in [5.74, 6) is 0.709. The van der Waals surface area contributed by atoms with Crippen molar-refractivity contribution in [3.8, 4) is 78.4 Å².